The van der Waals surface area contributed by atoms with E-state index < -0.39 is 23.2 Å². The summed E-state index contributed by atoms with van der Waals surface area (Å²) in [6, 6.07) is 6.57. The first-order valence-corrected chi connectivity index (χ1v) is 11.7. The first kappa shape index (κ1) is 24.7. The molecule has 3 heterocycles. The van der Waals surface area contributed by atoms with Gasteiger partial charge in [-0.15, -0.1) is 0 Å². The highest BCUT2D eigenvalue weighted by Crippen LogP contribution is 2.34. The Morgan fingerprint density at radius 3 is 2.51 bits per heavy atom. The highest BCUT2D eigenvalue weighted by Gasteiger charge is 2.29. The summed E-state index contributed by atoms with van der Waals surface area (Å²) >= 11 is 0. The quantitative estimate of drug-likeness (QED) is 0.538. The second-order valence-corrected chi connectivity index (χ2v) is 10.8. The van der Waals surface area contributed by atoms with Gasteiger partial charge in [-0.2, -0.15) is 5.10 Å². The van der Waals surface area contributed by atoms with E-state index in [1.54, 1.807) is 11.1 Å². The Labute approximate surface area is 205 Å². The summed E-state index contributed by atoms with van der Waals surface area (Å²) in [7, 11) is 0. The van der Waals surface area contributed by atoms with E-state index in [-0.39, 0.29) is 6.09 Å². The number of aromatic amines is 1. The molecule has 1 aromatic carbocycles. The average molecular weight is 480 g/mol. The van der Waals surface area contributed by atoms with Gasteiger partial charge in [0.1, 0.15) is 17.2 Å². The fraction of sp³-hybridized carbons (Fsp3) is 0.462. The lowest BCUT2D eigenvalue weighted by atomic mass is 9.95. The van der Waals surface area contributed by atoms with E-state index in [4.69, 9.17) is 15.2 Å². The number of carbonyl (C=O) groups is 2. The number of rotatable bonds is 3. The molecule has 0 radical (unpaired) electrons. The van der Waals surface area contributed by atoms with Crippen LogP contribution in [0.1, 0.15) is 64.3 Å². The van der Waals surface area contributed by atoms with Crippen LogP contribution in [0, 0.1) is 0 Å². The van der Waals surface area contributed by atoms with E-state index in [1.807, 2.05) is 65.8 Å². The molecule has 186 valence electrons. The predicted octanol–water partition coefficient (Wildman–Crippen LogP) is 4.26. The topological polar surface area (TPSA) is 123 Å². The third-order valence-electron chi connectivity index (χ3n) is 5.62. The molecule has 35 heavy (non-hydrogen) atoms. The molecule has 9 nitrogen and oxygen atoms in total. The first-order chi connectivity index (χ1) is 16.3. The highest BCUT2D eigenvalue weighted by molar-refractivity contribution is 5.94. The molecule has 0 saturated carbocycles. The third-order valence-corrected chi connectivity index (χ3v) is 5.62. The molecule has 0 fully saturated rings. The van der Waals surface area contributed by atoms with Crippen molar-refractivity contribution in [2.45, 2.75) is 71.8 Å². The van der Waals surface area contributed by atoms with Crippen LogP contribution >= 0.6 is 0 Å². The number of nitrogens with one attached hydrogen (secondary N) is 1. The van der Waals surface area contributed by atoms with E-state index >= 15 is 0 Å². The van der Waals surface area contributed by atoms with Gasteiger partial charge in [-0.1, -0.05) is 18.2 Å². The summed E-state index contributed by atoms with van der Waals surface area (Å²) < 4.78 is 11.0. The lowest BCUT2D eigenvalue weighted by Gasteiger charge is -2.31. The van der Waals surface area contributed by atoms with Gasteiger partial charge in [-0.05, 0) is 70.7 Å². The molecule has 3 N–H and O–H groups in total. The zero-order chi connectivity index (χ0) is 25.5. The van der Waals surface area contributed by atoms with Crippen molar-refractivity contribution in [3.05, 3.63) is 47.2 Å². The number of hydrogen-bond donors (Lipinski definition) is 2. The molecule has 2 aromatic heterocycles. The van der Waals surface area contributed by atoms with Crippen molar-refractivity contribution in [3.8, 4) is 11.3 Å². The first-order valence-electron chi connectivity index (χ1n) is 11.7. The van der Waals surface area contributed by atoms with Crippen LogP contribution in [-0.2, 0) is 27.2 Å². The molecule has 3 aromatic rings. The number of benzene rings is 1. The zero-order valence-corrected chi connectivity index (χ0v) is 21.1. The Balaban J connectivity index is 1.65. The summed E-state index contributed by atoms with van der Waals surface area (Å²) in [6.07, 6.45) is 2.09. The molecule has 0 bridgehead atoms. The van der Waals surface area contributed by atoms with Gasteiger partial charge in [0.15, 0.2) is 5.65 Å². The minimum atomic E-state index is -0.905. The Morgan fingerprint density at radius 2 is 1.83 bits per heavy atom. The van der Waals surface area contributed by atoms with Crippen LogP contribution in [0.5, 0.6) is 0 Å². The molecule has 1 aliphatic rings. The molecular formula is C26H33N5O4. The molecule has 1 unspecified atom stereocenters. The molecule has 4 rings (SSSR count). The lowest BCUT2D eigenvalue weighted by Crippen LogP contribution is -2.40. The molecule has 0 spiro atoms. The van der Waals surface area contributed by atoms with Gasteiger partial charge >= 0.3 is 12.1 Å². The fourth-order valence-corrected chi connectivity index (χ4v) is 4.12. The van der Waals surface area contributed by atoms with Crippen LogP contribution in [-0.4, -0.2) is 49.9 Å². The van der Waals surface area contributed by atoms with Gasteiger partial charge in [0.2, 0.25) is 0 Å². The summed E-state index contributed by atoms with van der Waals surface area (Å²) in [4.78, 5) is 31.3. The molecule has 1 amide bonds. The average Bonchev–Trinajstić information content (AvgIpc) is 3.20. The van der Waals surface area contributed by atoms with Crippen LogP contribution in [0.3, 0.4) is 0 Å². The number of pyridine rings is 1. The molecule has 1 aliphatic heterocycles. The maximum atomic E-state index is 12.6. The van der Waals surface area contributed by atoms with Crippen LogP contribution in [0.15, 0.2) is 30.5 Å². The van der Waals surface area contributed by atoms with Gasteiger partial charge in [-0.25, -0.2) is 14.6 Å². The summed E-state index contributed by atoms with van der Waals surface area (Å²) in [5, 5.41) is 8.42. The van der Waals surface area contributed by atoms with E-state index in [2.05, 4.69) is 15.2 Å². The number of aromatic nitrogens is 3. The second-order valence-electron chi connectivity index (χ2n) is 10.8. The largest absolute Gasteiger partial charge is 0.459 e. The minimum absolute atomic E-state index is 0.334. The van der Waals surface area contributed by atoms with Crippen molar-refractivity contribution >= 4 is 23.1 Å². The number of fused-ring (bicyclic) bond motifs is 3. The van der Waals surface area contributed by atoms with Crippen LogP contribution in [0.4, 0.5) is 4.79 Å². The number of amides is 1. The maximum Gasteiger partial charge on any atom is 0.410 e. The van der Waals surface area contributed by atoms with Crippen molar-refractivity contribution in [1.82, 2.24) is 20.1 Å². The van der Waals surface area contributed by atoms with Crippen molar-refractivity contribution < 1.29 is 19.1 Å². The fourth-order valence-electron chi connectivity index (χ4n) is 4.12. The van der Waals surface area contributed by atoms with E-state index in [0.717, 1.165) is 27.8 Å². The Kier molecular flexibility index (Phi) is 6.31. The predicted molar refractivity (Wildman–Crippen MR) is 132 cm³/mol. The van der Waals surface area contributed by atoms with Crippen molar-refractivity contribution in [3.63, 3.8) is 0 Å². The van der Waals surface area contributed by atoms with Crippen LogP contribution in [0.25, 0.3) is 22.3 Å². The number of esters is 1. The molecule has 0 aliphatic carbocycles. The van der Waals surface area contributed by atoms with Gasteiger partial charge in [0.25, 0.3) is 0 Å². The smallest absolute Gasteiger partial charge is 0.410 e. The third kappa shape index (κ3) is 5.45. The van der Waals surface area contributed by atoms with E-state index in [0.29, 0.717) is 30.7 Å². The number of carbonyl (C=O) groups excluding carboxylic acids is 2. The van der Waals surface area contributed by atoms with Gasteiger partial charge in [0, 0.05) is 18.3 Å². The number of hydrogen-bond acceptors (Lipinski definition) is 7. The van der Waals surface area contributed by atoms with Crippen molar-refractivity contribution in [2.75, 3.05) is 6.54 Å². The SMILES string of the molecule is CC(C)(C)OC(=O)C(N)c1cccc(-c2[nH]nc3ncc4c(c23)CCN(C(=O)OC(C)(C)C)C4)c1. The summed E-state index contributed by atoms with van der Waals surface area (Å²) in [5.41, 5.74) is 9.99. The number of ether oxygens (including phenoxy) is 2. The Morgan fingerprint density at radius 1 is 1.11 bits per heavy atom. The molecule has 0 saturated heterocycles. The van der Waals surface area contributed by atoms with E-state index in [9.17, 15) is 9.59 Å². The zero-order valence-electron chi connectivity index (χ0n) is 21.1. The van der Waals surface area contributed by atoms with Crippen LogP contribution < -0.4 is 5.73 Å². The monoisotopic (exact) mass is 479 g/mol. The van der Waals surface area contributed by atoms with Gasteiger partial charge < -0.3 is 20.1 Å². The standard InChI is InChI=1S/C26H33N5O4/c1-25(2,3)34-23(32)20(27)15-8-7-9-16(12-15)21-19-18-10-11-31(24(33)35-26(4,5)6)14-17(18)13-28-22(19)30-29-21/h7-9,12-13,20H,10-11,14,27H2,1-6H3,(H,28,29,30). The van der Waals surface area contributed by atoms with Crippen molar-refractivity contribution in [1.29, 1.82) is 0 Å². The van der Waals surface area contributed by atoms with Gasteiger partial charge in [-0.3, -0.25) is 5.10 Å². The number of H-pyrrole nitrogens is 1. The van der Waals surface area contributed by atoms with Crippen LogP contribution in [0.2, 0.25) is 0 Å². The van der Waals surface area contributed by atoms with Gasteiger partial charge in [0.05, 0.1) is 17.6 Å². The maximum absolute atomic E-state index is 12.6. The molecular weight excluding hydrogens is 446 g/mol. The number of nitrogens with zero attached hydrogens (tertiary/aromatic N) is 3. The number of nitrogens with two attached hydrogens (primary N) is 1. The molecule has 1 atom stereocenters. The molecule has 9 heteroatoms. The second kappa shape index (κ2) is 8.96. The summed E-state index contributed by atoms with van der Waals surface area (Å²) in [5.74, 6) is -0.481. The minimum Gasteiger partial charge on any atom is -0.459 e. The van der Waals surface area contributed by atoms with Crippen molar-refractivity contribution in [2.24, 2.45) is 5.73 Å². The normalized spacial score (nSPS) is 15.0. The Bertz CT molecular complexity index is 1270. The van der Waals surface area contributed by atoms with E-state index in [1.165, 1.54) is 0 Å². The lowest BCUT2D eigenvalue weighted by molar-refractivity contribution is -0.156. The summed E-state index contributed by atoms with van der Waals surface area (Å²) in [6.45, 7) is 12.0. The Hall–Kier alpha value is -3.46. The highest BCUT2D eigenvalue weighted by atomic mass is 16.6.